The molecule has 0 spiro atoms. The van der Waals surface area contributed by atoms with Gasteiger partial charge >= 0.3 is 6.18 Å². The lowest BCUT2D eigenvalue weighted by atomic mass is 10.1. The number of carbonyl (C=O) groups excluding carboxylic acids is 1. The van der Waals surface area contributed by atoms with Crippen molar-refractivity contribution in [3.05, 3.63) is 75.6 Å². The van der Waals surface area contributed by atoms with Crippen LogP contribution in [-0.4, -0.2) is 18.0 Å². The molecule has 0 unspecified atom stereocenters. The molecule has 0 bridgehead atoms. The third-order valence-corrected chi connectivity index (χ3v) is 4.93. The highest BCUT2D eigenvalue weighted by molar-refractivity contribution is 9.10. The van der Waals surface area contributed by atoms with E-state index in [4.69, 9.17) is 4.74 Å². The number of nitrogens with one attached hydrogen (secondary N) is 2. The van der Waals surface area contributed by atoms with E-state index < -0.39 is 23.5 Å². The smallest absolute Gasteiger partial charge is 0.416 e. The van der Waals surface area contributed by atoms with Gasteiger partial charge in [0, 0.05) is 11.8 Å². The second-order valence-corrected chi connectivity index (χ2v) is 7.24. The highest BCUT2D eigenvalue weighted by Crippen LogP contribution is 2.34. The molecule has 3 aromatic rings. The van der Waals surface area contributed by atoms with Crippen molar-refractivity contribution in [2.75, 3.05) is 17.7 Å². The lowest BCUT2D eigenvalue weighted by Gasteiger charge is -2.17. The molecule has 1 aromatic heterocycles. The molecular formula is C21H16BrF4N3O2. The van der Waals surface area contributed by atoms with Gasteiger partial charge in [0.1, 0.15) is 10.4 Å². The number of halogens is 5. The Bertz CT molecular complexity index is 1140. The Hall–Kier alpha value is -3.14. The van der Waals surface area contributed by atoms with Gasteiger partial charge in [0.25, 0.3) is 5.91 Å². The second-order valence-electron chi connectivity index (χ2n) is 6.49. The van der Waals surface area contributed by atoms with E-state index in [-0.39, 0.29) is 15.9 Å². The first-order valence-electron chi connectivity index (χ1n) is 8.85. The van der Waals surface area contributed by atoms with Gasteiger partial charge in [-0.3, -0.25) is 4.79 Å². The minimum Gasteiger partial charge on any atom is -0.481 e. The molecular weight excluding hydrogens is 482 g/mol. The van der Waals surface area contributed by atoms with E-state index in [0.717, 1.165) is 18.2 Å². The second kappa shape index (κ2) is 8.93. The molecule has 0 fully saturated rings. The Balaban J connectivity index is 1.99. The summed E-state index contributed by atoms with van der Waals surface area (Å²) in [7, 11) is 1.44. The number of hydrogen-bond donors (Lipinski definition) is 2. The number of alkyl halides is 3. The molecule has 31 heavy (non-hydrogen) atoms. The summed E-state index contributed by atoms with van der Waals surface area (Å²) in [6.07, 6.45) is -4.60. The first-order chi connectivity index (χ1) is 14.6. The van der Waals surface area contributed by atoms with Crippen LogP contribution in [0.3, 0.4) is 0 Å². The molecule has 0 atom stereocenters. The number of anilines is 3. The van der Waals surface area contributed by atoms with Crippen molar-refractivity contribution < 1.29 is 27.1 Å². The molecule has 0 radical (unpaired) electrons. The number of nitrogens with zero attached hydrogens (tertiary/aromatic N) is 1. The monoisotopic (exact) mass is 497 g/mol. The summed E-state index contributed by atoms with van der Waals surface area (Å²) in [5.41, 5.74) is 0.0697. The number of pyridine rings is 1. The highest BCUT2D eigenvalue weighted by Gasteiger charge is 2.31. The number of methoxy groups -OCH3 is 1. The maximum absolute atomic E-state index is 13.4. The number of carbonyl (C=O) groups is 1. The standard InChI is InChI=1S/C21H16BrF4N3O2/c1-11-9-13(23)4-6-15(11)27-17-10-12(21(24,25)26)3-5-14(17)20(30)28-16-7-8-18(31-2)29-19(16)22/h3-10,27H,1-2H3,(H,28,30). The fourth-order valence-corrected chi connectivity index (χ4v) is 3.15. The third-order valence-electron chi connectivity index (χ3n) is 4.33. The zero-order valence-electron chi connectivity index (χ0n) is 16.3. The highest BCUT2D eigenvalue weighted by atomic mass is 79.9. The molecule has 162 valence electrons. The van der Waals surface area contributed by atoms with Crippen LogP contribution in [0.25, 0.3) is 0 Å². The van der Waals surface area contributed by atoms with Crippen LogP contribution in [0, 0.1) is 12.7 Å². The van der Waals surface area contributed by atoms with Crippen molar-refractivity contribution in [3.8, 4) is 5.88 Å². The number of amides is 1. The third kappa shape index (κ3) is 5.32. The van der Waals surface area contributed by atoms with Gasteiger partial charge in [-0.2, -0.15) is 13.2 Å². The average molecular weight is 498 g/mol. The maximum atomic E-state index is 13.4. The molecule has 0 aliphatic carbocycles. The van der Waals surface area contributed by atoms with Crippen LogP contribution in [0.15, 0.2) is 53.1 Å². The van der Waals surface area contributed by atoms with Gasteiger partial charge in [-0.1, -0.05) is 0 Å². The van der Waals surface area contributed by atoms with E-state index in [1.165, 1.54) is 37.4 Å². The topological polar surface area (TPSA) is 63.2 Å². The lowest BCUT2D eigenvalue weighted by Crippen LogP contribution is -2.16. The van der Waals surface area contributed by atoms with Gasteiger partial charge in [0.05, 0.1) is 29.6 Å². The fraction of sp³-hybridized carbons (Fsp3) is 0.143. The molecule has 2 N–H and O–H groups in total. The summed E-state index contributed by atoms with van der Waals surface area (Å²) in [6, 6.07) is 9.57. The predicted octanol–water partition coefficient (Wildman–Crippen LogP) is 6.31. The minimum atomic E-state index is -4.60. The Kier molecular flexibility index (Phi) is 6.49. The predicted molar refractivity (Wildman–Crippen MR) is 112 cm³/mol. The summed E-state index contributed by atoms with van der Waals surface area (Å²) in [5, 5.41) is 5.41. The quantitative estimate of drug-likeness (QED) is 0.320. The Morgan fingerprint density at radius 1 is 1.03 bits per heavy atom. The molecule has 0 saturated heterocycles. The summed E-state index contributed by atoms with van der Waals surface area (Å²) >= 11 is 3.21. The van der Waals surface area contributed by atoms with E-state index >= 15 is 0 Å². The van der Waals surface area contributed by atoms with Crippen molar-refractivity contribution >= 4 is 38.9 Å². The Morgan fingerprint density at radius 2 is 1.74 bits per heavy atom. The van der Waals surface area contributed by atoms with Crippen LogP contribution in [0.2, 0.25) is 0 Å². The van der Waals surface area contributed by atoms with Crippen molar-refractivity contribution in [2.24, 2.45) is 0 Å². The normalized spacial score (nSPS) is 11.2. The zero-order valence-corrected chi connectivity index (χ0v) is 17.9. The van der Waals surface area contributed by atoms with E-state index in [9.17, 15) is 22.4 Å². The molecule has 0 aliphatic rings. The van der Waals surface area contributed by atoms with Gasteiger partial charge in [-0.05, 0) is 70.9 Å². The molecule has 2 aromatic carbocycles. The van der Waals surface area contributed by atoms with E-state index in [1.807, 2.05) is 0 Å². The number of rotatable bonds is 5. The van der Waals surface area contributed by atoms with Crippen molar-refractivity contribution in [2.45, 2.75) is 13.1 Å². The minimum absolute atomic E-state index is 0.0422. The van der Waals surface area contributed by atoms with Crippen molar-refractivity contribution in [3.63, 3.8) is 0 Å². The molecule has 10 heteroatoms. The summed E-state index contributed by atoms with van der Waals surface area (Å²) in [4.78, 5) is 16.9. The number of ether oxygens (including phenoxy) is 1. The summed E-state index contributed by atoms with van der Waals surface area (Å²) in [5.74, 6) is -0.834. The largest absolute Gasteiger partial charge is 0.481 e. The van der Waals surface area contributed by atoms with Gasteiger partial charge in [-0.15, -0.1) is 0 Å². The molecule has 0 saturated carbocycles. The zero-order chi connectivity index (χ0) is 22.8. The van der Waals surface area contributed by atoms with Gasteiger partial charge < -0.3 is 15.4 Å². The van der Waals surface area contributed by atoms with Gasteiger partial charge in [-0.25, -0.2) is 9.37 Å². The number of benzene rings is 2. The molecule has 0 aliphatic heterocycles. The van der Waals surface area contributed by atoms with Crippen LogP contribution in [0.5, 0.6) is 5.88 Å². The number of hydrogen-bond acceptors (Lipinski definition) is 4. The van der Waals surface area contributed by atoms with Crippen LogP contribution >= 0.6 is 15.9 Å². The van der Waals surface area contributed by atoms with Gasteiger partial charge in [0.2, 0.25) is 5.88 Å². The number of aryl methyl sites for hydroxylation is 1. The van der Waals surface area contributed by atoms with Crippen molar-refractivity contribution in [1.82, 2.24) is 4.98 Å². The Morgan fingerprint density at radius 3 is 2.35 bits per heavy atom. The van der Waals surface area contributed by atoms with E-state index in [1.54, 1.807) is 6.92 Å². The summed E-state index contributed by atoms with van der Waals surface area (Å²) < 4.78 is 58.4. The first kappa shape index (κ1) is 22.5. The fourth-order valence-electron chi connectivity index (χ4n) is 2.75. The molecule has 1 amide bonds. The average Bonchev–Trinajstić information content (AvgIpc) is 2.70. The first-order valence-corrected chi connectivity index (χ1v) is 9.64. The van der Waals surface area contributed by atoms with Crippen molar-refractivity contribution in [1.29, 1.82) is 0 Å². The number of aromatic nitrogens is 1. The van der Waals surface area contributed by atoms with E-state index in [2.05, 4.69) is 31.5 Å². The van der Waals surface area contributed by atoms with E-state index in [0.29, 0.717) is 22.8 Å². The lowest BCUT2D eigenvalue weighted by molar-refractivity contribution is -0.137. The van der Waals surface area contributed by atoms with Crippen LogP contribution < -0.4 is 15.4 Å². The molecule has 5 nitrogen and oxygen atoms in total. The SMILES string of the molecule is COc1ccc(NC(=O)c2ccc(C(F)(F)F)cc2Nc2ccc(F)cc2C)c(Br)n1. The van der Waals surface area contributed by atoms with Crippen LogP contribution in [-0.2, 0) is 6.18 Å². The van der Waals surface area contributed by atoms with Crippen LogP contribution in [0.4, 0.5) is 34.6 Å². The van der Waals surface area contributed by atoms with Gasteiger partial charge in [0.15, 0.2) is 0 Å². The Labute approximate surface area is 183 Å². The molecule has 3 rings (SSSR count). The molecule has 1 heterocycles. The maximum Gasteiger partial charge on any atom is 0.416 e. The van der Waals surface area contributed by atoms with Crippen LogP contribution in [0.1, 0.15) is 21.5 Å². The summed E-state index contributed by atoms with van der Waals surface area (Å²) in [6.45, 7) is 1.60.